The van der Waals surface area contributed by atoms with Crippen LogP contribution in [0.2, 0.25) is 0 Å². The standard InChI is InChI=1S/C19H16N2O5/c22-18(23)7-3-4-14-12-20(17-6-2-1-5-16(14)17)19(24)13-8-10-15(11-9-13)21(25)26/h1-2,5-6,8-12H,3-4,7H2,(H,22,23). The second kappa shape index (κ2) is 7.18. The summed E-state index contributed by atoms with van der Waals surface area (Å²) < 4.78 is 1.51. The Labute approximate surface area is 148 Å². The number of carboxylic acids is 1. The van der Waals surface area contributed by atoms with Crippen molar-refractivity contribution in [3.8, 4) is 0 Å². The normalized spacial score (nSPS) is 10.8. The van der Waals surface area contributed by atoms with Crippen LogP contribution in [0.25, 0.3) is 10.9 Å². The van der Waals surface area contributed by atoms with Crippen molar-refractivity contribution in [2.45, 2.75) is 19.3 Å². The zero-order valence-corrected chi connectivity index (χ0v) is 13.8. The lowest BCUT2D eigenvalue weighted by atomic mass is 10.1. The largest absolute Gasteiger partial charge is 0.481 e. The number of fused-ring (bicyclic) bond motifs is 1. The quantitative estimate of drug-likeness (QED) is 0.539. The number of non-ortho nitro benzene ring substituents is 1. The molecule has 0 radical (unpaired) electrons. The lowest BCUT2D eigenvalue weighted by molar-refractivity contribution is -0.384. The molecule has 2 aromatic carbocycles. The highest BCUT2D eigenvalue weighted by Gasteiger charge is 2.16. The maximum atomic E-state index is 12.8. The summed E-state index contributed by atoms with van der Waals surface area (Å²) in [5.74, 6) is -1.14. The minimum atomic E-state index is -0.851. The molecule has 7 heteroatoms. The Morgan fingerprint density at radius 2 is 1.77 bits per heavy atom. The smallest absolute Gasteiger partial charge is 0.303 e. The molecule has 0 aliphatic rings. The van der Waals surface area contributed by atoms with Crippen LogP contribution < -0.4 is 0 Å². The van der Waals surface area contributed by atoms with Crippen molar-refractivity contribution in [1.29, 1.82) is 0 Å². The summed E-state index contributed by atoms with van der Waals surface area (Å²) >= 11 is 0. The van der Waals surface area contributed by atoms with Crippen molar-refractivity contribution in [3.63, 3.8) is 0 Å². The summed E-state index contributed by atoms with van der Waals surface area (Å²) in [7, 11) is 0. The number of aryl methyl sites for hydroxylation is 1. The molecule has 0 spiro atoms. The first kappa shape index (κ1) is 17.3. The van der Waals surface area contributed by atoms with E-state index in [1.54, 1.807) is 6.20 Å². The van der Waals surface area contributed by atoms with Crippen molar-refractivity contribution >= 4 is 28.5 Å². The van der Waals surface area contributed by atoms with Crippen LogP contribution in [0.15, 0.2) is 54.7 Å². The number of hydrogen-bond acceptors (Lipinski definition) is 4. The molecule has 3 rings (SSSR count). The van der Waals surface area contributed by atoms with Gasteiger partial charge in [-0.15, -0.1) is 0 Å². The van der Waals surface area contributed by atoms with Gasteiger partial charge in [-0.25, -0.2) is 0 Å². The van der Waals surface area contributed by atoms with E-state index < -0.39 is 10.9 Å². The average Bonchev–Trinajstić information content (AvgIpc) is 3.00. The monoisotopic (exact) mass is 352 g/mol. The number of carbonyl (C=O) groups is 2. The summed E-state index contributed by atoms with van der Waals surface area (Å²) in [4.78, 5) is 33.8. The molecule has 0 unspecified atom stereocenters. The fourth-order valence-corrected chi connectivity index (χ4v) is 2.91. The molecule has 0 amide bonds. The fourth-order valence-electron chi connectivity index (χ4n) is 2.91. The van der Waals surface area contributed by atoms with Gasteiger partial charge in [0.05, 0.1) is 10.4 Å². The first-order valence-corrected chi connectivity index (χ1v) is 8.07. The number of carbonyl (C=O) groups excluding carboxylic acids is 1. The van der Waals surface area contributed by atoms with Crippen LogP contribution >= 0.6 is 0 Å². The van der Waals surface area contributed by atoms with E-state index >= 15 is 0 Å². The number of nitrogens with zero attached hydrogens (tertiary/aromatic N) is 2. The second-order valence-corrected chi connectivity index (χ2v) is 5.90. The number of benzene rings is 2. The number of rotatable bonds is 6. The molecule has 0 aliphatic heterocycles. The van der Waals surface area contributed by atoms with Crippen molar-refractivity contribution in [2.24, 2.45) is 0 Å². The second-order valence-electron chi connectivity index (χ2n) is 5.90. The van der Waals surface area contributed by atoms with Crippen LogP contribution in [-0.2, 0) is 11.2 Å². The van der Waals surface area contributed by atoms with E-state index in [9.17, 15) is 19.7 Å². The maximum Gasteiger partial charge on any atom is 0.303 e. The summed E-state index contributed by atoms with van der Waals surface area (Å²) in [5, 5.41) is 20.4. The molecule has 1 aromatic heterocycles. The van der Waals surface area contributed by atoms with Gasteiger partial charge in [-0.05, 0) is 36.6 Å². The van der Waals surface area contributed by atoms with Crippen LogP contribution in [0.3, 0.4) is 0 Å². The third kappa shape index (κ3) is 3.46. The zero-order chi connectivity index (χ0) is 18.7. The van der Waals surface area contributed by atoms with Crippen molar-refractivity contribution in [3.05, 3.63) is 76.0 Å². The van der Waals surface area contributed by atoms with Gasteiger partial charge < -0.3 is 5.11 Å². The number of nitro groups is 1. The van der Waals surface area contributed by atoms with Gasteiger partial charge >= 0.3 is 5.97 Å². The summed E-state index contributed by atoms with van der Waals surface area (Å²) in [6.07, 6.45) is 2.81. The van der Waals surface area contributed by atoms with Gasteiger partial charge in [-0.3, -0.25) is 24.3 Å². The van der Waals surface area contributed by atoms with E-state index in [-0.39, 0.29) is 18.0 Å². The van der Waals surface area contributed by atoms with Crippen molar-refractivity contribution in [2.75, 3.05) is 0 Å². The summed E-state index contributed by atoms with van der Waals surface area (Å²) in [6.45, 7) is 0. The molecule has 1 heterocycles. The van der Waals surface area contributed by atoms with Gasteiger partial charge in [0, 0.05) is 35.7 Å². The van der Waals surface area contributed by atoms with Crippen molar-refractivity contribution < 1.29 is 19.6 Å². The molecular formula is C19H16N2O5. The summed E-state index contributed by atoms with van der Waals surface area (Å²) in [5.41, 5.74) is 1.89. The Hall–Kier alpha value is -3.48. The van der Waals surface area contributed by atoms with Gasteiger partial charge in [0.1, 0.15) is 0 Å². The minimum Gasteiger partial charge on any atom is -0.481 e. The van der Waals surface area contributed by atoms with Gasteiger partial charge in [-0.1, -0.05) is 18.2 Å². The van der Waals surface area contributed by atoms with Gasteiger partial charge in [0.25, 0.3) is 11.6 Å². The van der Waals surface area contributed by atoms with Crippen LogP contribution in [0.1, 0.15) is 28.8 Å². The highest BCUT2D eigenvalue weighted by molar-refractivity contribution is 6.03. The Morgan fingerprint density at radius 1 is 1.08 bits per heavy atom. The van der Waals surface area contributed by atoms with Crippen LogP contribution in [-0.4, -0.2) is 26.5 Å². The number of carboxylic acid groups (broad SMARTS) is 1. The molecular weight excluding hydrogens is 336 g/mol. The molecule has 7 nitrogen and oxygen atoms in total. The highest BCUT2D eigenvalue weighted by Crippen LogP contribution is 2.24. The predicted octanol–water partition coefficient (Wildman–Crippen LogP) is 3.65. The van der Waals surface area contributed by atoms with E-state index in [1.165, 1.54) is 28.8 Å². The van der Waals surface area contributed by atoms with E-state index in [1.807, 2.05) is 24.3 Å². The minimum absolute atomic E-state index is 0.0653. The molecule has 1 N–H and O–H groups in total. The Kier molecular flexibility index (Phi) is 4.79. The number of hydrogen-bond donors (Lipinski definition) is 1. The first-order valence-electron chi connectivity index (χ1n) is 8.07. The molecule has 132 valence electrons. The number of aromatic nitrogens is 1. The summed E-state index contributed by atoms with van der Waals surface area (Å²) in [6, 6.07) is 12.9. The van der Waals surface area contributed by atoms with Gasteiger partial charge in [-0.2, -0.15) is 0 Å². The SMILES string of the molecule is O=C(O)CCCc1cn(C(=O)c2ccc([N+](=O)[O-])cc2)c2ccccc12. The third-order valence-electron chi connectivity index (χ3n) is 4.18. The van der Waals surface area contributed by atoms with Crippen LogP contribution in [0.5, 0.6) is 0 Å². The molecule has 0 saturated heterocycles. The van der Waals surface area contributed by atoms with E-state index in [4.69, 9.17) is 5.11 Å². The topological polar surface area (TPSA) is 102 Å². The van der Waals surface area contributed by atoms with Crippen LogP contribution in [0, 0.1) is 10.1 Å². The predicted molar refractivity (Wildman–Crippen MR) is 95.3 cm³/mol. The molecule has 0 aliphatic carbocycles. The Balaban J connectivity index is 1.95. The number of nitro benzene ring substituents is 1. The maximum absolute atomic E-state index is 12.8. The van der Waals surface area contributed by atoms with Gasteiger partial charge in [0.2, 0.25) is 0 Å². The highest BCUT2D eigenvalue weighted by atomic mass is 16.6. The average molecular weight is 352 g/mol. The third-order valence-corrected chi connectivity index (χ3v) is 4.18. The fraction of sp³-hybridized carbons (Fsp3) is 0.158. The van der Waals surface area contributed by atoms with E-state index in [0.29, 0.717) is 18.4 Å². The Morgan fingerprint density at radius 3 is 2.42 bits per heavy atom. The van der Waals surface area contributed by atoms with E-state index in [2.05, 4.69) is 0 Å². The molecule has 0 fully saturated rings. The number of aliphatic carboxylic acids is 1. The number of para-hydroxylation sites is 1. The zero-order valence-electron chi connectivity index (χ0n) is 13.8. The molecule has 0 saturated carbocycles. The molecule has 3 aromatic rings. The Bertz CT molecular complexity index is 989. The van der Waals surface area contributed by atoms with Gasteiger partial charge in [0.15, 0.2) is 0 Å². The van der Waals surface area contributed by atoms with E-state index in [0.717, 1.165) is 16.5 Å². The molecule has 0 atom stereocenters. The first-order chi connectivity index (χ1) is 12.5. The molecule has 0 bridgehead atoms. The lowest BCUT2D eigenvalue weighted by Gasteiger charge is -2.04. The van der Waals surface area contributed by atoms with Crippen LogP contribution in [0.4, 0.5) is 5.69 Å². The lowest BCUT2D eigenvalue weighted by Crippen LogP contribution is -2.10. The molecule has 26 heavy (non-hydrogen) atoms. The van der Waals surface area contributed by atoms with Crippen molar-refractivity contribution in [1.82, 2.24) is 4.57 Å².